The number of hydrogen-bond donors (Lipinski definition) is 0. The molecule has 0 bridgehead atoms. The Morgan fingerprint density at radius 1 is 1.58 bits per heavy atom. The summed E-state index contributed by atoms with van der Waals surface area (Å²) >= 11 is 0. The van der Waals surface area contributed by atoms with Crippen LogP contribution in [-0.2, 0) is 0 Å². The maximum atomic E-state index is 10.8. The Morgan fingerprint density at radius 2 is 2.42 bits per heavy atom. The van der Waals surface area contributed by atoms with E-state index in [4.69, 9.17) is 0 Å². The maximum Gasteiger partial charge on any atom is 0.277 e. The van der Waals surface area contributed by atoms with Gasteiger partial charge in [0.15, 0.2) is 5.69 Å². The van der Waals surface area contributed by atoms with Gasteiger partial charge in [0.25, 0.3) is 5.52 Å². The summed E-state index contributed by atoms with van der Waals surface area (Å²) in [6.07, 6.45) is 0. The molecule has 0 aliphatic rings. The molecule has 0 spiro atoms. The number of nitroso groups, excluding NO2 is 1. The predicted molar refractivity (Wildman–Crippen MR) is 38.4 cm³/mol. The highest BCUT2D eigenvalue weighted by Crippen LogP contribution is 2.20. The average Bonchev–Trinajstić information content (AvgIpc) is 2.48. The van der Waals surface area contributed by atoms with Gasteiger partial charge in [-0.05, 0) is 22.2 Å². The zero-order chi connectivity index (χ0) is 8.55. The number of hydrogen-bond acceptors (Lipinski definition) is 5. The molecule has 0 radical (unpaired) electrons. The number of aromatic nitrogens is 2. The van der Waals surface area contributed by atoms with Crippen molar-refractivity contribution in [2.24, 2.45) is 5.18 Å². The van der Waals surface area contributed by atoms with Crippen molar-refractivity contribution in [1.29, 1.82) is 0 Å². The first-order valence-electron chi connectivity index (χ1n) is 3.15. The second-order valence-electron chi connectivity index (χ2n) is 2.17. The normalized spacial score (nSPS) is 10.3. The Hall–Kier alpha value is -1.98. The second-order valence-corrected chi connectivity index (χ2v) is 2.17. The number of benzene rings is 1. The first-order valence-corrected chi connectivity index (χ1v) is 3.15. The third kappa shape index (κ3) is 0.746. The fourth-order valence-corrected chi connectivity index (χ4v) is 0.956. The molecule has 6 heteroatoms. The molecule has 0 aliphatic carbocycles. The van der Waals surface area contributed by atoms with E-state index in [1.807, 2.05) is 0 Å². The van der Waals surface area contributed by atoms with Crippen molar-refractivity contribution in [2.45, 2.75) is 0 Å². The van der Waals surface area contributed by atoms with Crippen molar-refractivity contribution in [2.75, 3.05) is 0 Å². The molecular formula is C6H3N3O3. The minimum Gasteiger partial charge on any atom is -0.359 e. The lowest BCUT2D eigenvalue weighted by Gasteiger charge is -1.85. The third-order valence-electron chi connectivity index (χ3n) is 1.49. The molecule has 0 amide bonds. The molecule has 0 aliphatic heterocycles. The Labute approximate surface area is 65.9 Å². The number of fused-ring (bicyclic) bond motifs is 1. The van der Waals surface area contributed by atoms with Gasteiger partial charge in [-0.1, -0.05) is 6.07 Å². The standard InChI is InChI=1S/C6H3N3O3/c10-7-4-2-1-3-5-6(4)8-12-9(5)11/h1-3H. The fourth-order valence-electron chi connectivity index (χ4n) is 0.956. The van der Waals surface area contributed by atoms with Crippen LogP contribution in [0.4, 0.5) is 5.69 Å². The van der Waals surface area contributed by atoms with Gasteiger partial charge < -0.3 is 5.21 Å². The van der Waals surface area contributed by atoms with Crippen LogP contribution in [0.25, 0.3) is 11.0 Å². The number of rotatable bonds is 1. The molecule has 1 heterocycles. The van der Waals surface area contributed by atoms with Crippen molar-refractivity contribution < 1.29 is 9.53 Å². The van der Waals surface area contributed by atoms with Crippen molar-refractivity contribution in [3.8, 4) is 0 Å². The molecule has 0 saturated heterocycles. The average molecular weight is 165 g/mol. The van der Waals surface area contributed by atoms with Crippen LogP contribution in [0.3, 0.4) is 0 Å². The Morgan fingerprint density at radius 3 is 3.17 bits per heavy atom. The predicted octanol–water partition coefficient (Wildman–Crippen LogP) is 0.859. The summed E-state index contributed by atoms with van der Waals surface area (Å²) in [6, 6.07) is 4.48. The van der Waals surface area contributed by atoms with Crippen LogP contribution in [0.1, 0.15) is 0 Å². The molecule has 2 aromatic rings. The first kappa shape index (κ1) is 6.71. The zero-order valence-electron chi connectivity index (χ0n) is 5.80. The monoisotopic (exact) mass is 165 g/mol. The van der Waals surface area contributed by atoms with Crippen LogP contribution < -0.4 is 4.90 Å². The van der Waals surface area contributed by atoms with Crippen LogP contribution in [-0.4, -0.2) is 5.16 Å². The second kappa shape index (κ2) is 2.26. The molecule has 0 saturated carbocycles. The minimum atomic E-state index is 0.103. The van der Waals surface area contributed by atoms with E-state index in [1.54, 1.807) is 0 Å². The fraction of sp³-hybridized carbons (Fsp3) is 0. The Balaban J connectivity index is 2.89. The highest BCUT2D eigenvalue weighted by atomic mass is 16.8. The van der Waals surface area contributed by atoms with Gasteiger partial charge in [-0.3, -0.25) is 4.63 Å². The smallest absolute Gasteiger partial charge is 0.277 e. The van der Waals surface area contributed by atoms with Crippen molar-refractivity contribution in [1.82, 2.24) is 5.16 Å². The van der Waals surface area contributed by atoms with Crippen molar-refractivity contribution in [3.05, 3.63) is 28.3 Å². The molecular weight excluding hydrogens is 162 g/mol. The molecule has 0 unspecified atom stereocenters. The van der Waals surface area contributed by atoms with Gasteiger partial charge in [-0.2, -0.15) is 0 Å². The van der Waals surface area contributed by atoms with Crippen molar-refractivity contribution in [3.63, 3.8) is 0 Å². The summed E-state index contributed by atoms with van der Waals surface area (Å²) in [5.74, 6) is 0. The lowest BCUT2D eigenvalue weighted by atomic mass is 10.3. The summed E-state index contributed by atoms with van der Waals surface area (Å²) in [7, 11) is 0. The van der Waals surface area contributed by atoms with Crippen LogP contribution in [0.2, 0.25) is 0 Å². The van der Waals surface area contributed by atoms with Gasteiger partial charge in [-0.15, -0.1) is 4.91 Å². The summed E-state index contributed by atoms with van der Waals surface area (Å²) in [5, 5.41) is 16.8. The quantitative estimate of drug-likeness (QED) is 0.463. The van der Waals surface area contributed by atoms with E-state index in [0.717, 1.165) is 0 Å². The topological polar surface area (TPSA) is 82.4 Å². The van der Waals surface area contributed by atoms with Gasteiger partial charge in [0.1, 0.15) is 0 Å². The highest BCUT2D eigenvalue weighted by molar-refractivity contribution is 5.82. The van der Waals surface area contributed by atoms with E-state index in [1.165, 1.54) is 18.2 Å². The van der Waals surface area contributed by atoms with E-state index >= 15 is 0 Å². The van der Waals surface area contributed by atoms with Gasteiger partial charge >= 0.3 is 0 Å². The van der Waals surface area contributed by atoms with E-state index < -0.39 is 0 Å². The zero-order valence-corrected chi connectivity index (χ0v) is 5.80. The van der Waals surface area contributed by atoms with Crippen LogP contribution in [0, 0.1) is 10.1 Å². The SMILES string of the molecule is O=Nc1cccc2c1no[n+]2[O-]. The summed E-state index contributed by atoms with van der Waals surface area (Å²) in [5.41, 5.74) is 0.487. The van der Waals surface area contributed by atoms with Crippen LogP contribution in [0.15, 0.2) is 28.0 Å². The molecule has 12 heavy (non-hydrogen) atoms. The lowest BCUT2D eigenvalue weighted by Crippen LogP contribution is -2.22. The molecule has 0 fully saturated rings. The minimum absolute atomic E-state index is 0.103. The van der Waals surface area contributed by atoms with Crippen molar-refractivity contribution >= 4 is 16.7 Å². The van der Waals surface area contributed by atoms with Crippen LogP contribution in [0.5, 0.6) is 0 Å². The Kier molecular flexibility index (Phi) is 1.26. The lowest BCUT2D eigenvalue weighted by molar-refractivity contribution is -0.782. The Bertz CT molecular complexity index is 437. The third-order valence-corrected chi connectivity index (χ3v) is 1.49. The van der Waals surface area contributed by atoms with E-state index in [-0.39, 0.29) is 21.6 Å². The summed E-state index contributed by atoms with van der Waals surface area (Å²) in [6.45, 7) is 0. The highest BCUT2D eigenvalue weighted by Gasteiger charge is 2.13. The summed E-state index contributed by atoms with van der Waals surface area (Å²) in [4.78, 5) is 10.4. The van der Waals surface area contributed by atoms with E-state index in [9.17, 15) is 10.1 Å². The van der Waals surface area contributed by atoms with E-state index in [2.05, 4.69) is 15.0 Å². The van der Waals surface area contributed by atoms with Crippen LogP contribution >= 0.6 is 0 Å². The number of nitrogens with zero attached hydrogens (tertiary/aromatic N) is 3. The molecule has 6 nitrogen and oxygen atoms in total. The van der Waals surface area contributed by atoms with Gasteiger partial charge in [-0.25, -0.2) is 0 Å². The molecule has 1 aromatic heterocycles. The molecule has 2 rings (SSSR count). The van der Waals surface area contributed by atoms with Gasteiger partial charge in [0, 0.05) is 5.16 Å². The largest absolute Gasteiger partial charge is 0.359 e. The molecule has 0 atom stereocenters. The van der Waals surface area contributed by atoms with E-state index in [0.29, 0.717) is 0 Å². The molecule has 0 N–H and O–H groups in total. The molecule has 60 valence electrons. The first-order chi connectivity index (χ1) is 5.83. The maximum absolute atomic E-state index is 10.8. The molecule has 1 aromatic carbocycles. The van der Waals surface area contributed by atoms with Gasteiger partial charge in [0.2, 0.25) is 5.52 Å². The summed E-state index contributed by atoms with van der Waals surface area (Å²) < 4.78 is 4.27. The van der Waals surface area contributed by atoms with Gasteiger partial charge in [0.05, 0.1) is 0 Å².